The molecule has 0 aliphatic rings. The van der Waals surface area contributed by atoms with Gasteiger partial charge < -0.3 is 9.17 Å². The Labute approximate surface area is 104 Å². The number of benzene rings is 1. The van der Waals surface area contributed by atoms with Crippen molar-refractivity contribution in [2.75, 3.05) is 0 Å². The van der Waals surface area contributed by atoms with Crippen LogP contribution in [-0.2, 0) is 10.1 Å². The molecule has 2 rings (SSSR count). The Morgan fingerprint density at radius 2 is 1.78 bits per heavy atom. The highest BCUT2D eigenvalue weighted by Crippen LogP contribution is 2.17. The monoisotopic (exact) mass is 265 g/mol. The van der Waals surface area contributed by atoms with Crippen LogP contribution < -0.4 is 9.74 Å². The second kappa shape index (κ2) is 4.66. The molecule has 0 saturated heterocycles. The molecule has 0 fully saturated rings. The maximum atomic E-state index is 11.9. The van der Waals surface area contributed by atoms with Gasteiger partial charge in [-0.1, -0.05) is 18.2 Å². The van der Waals surface area contributed by atoms with E-state index in [0.717, 1.165) is 6.07 Å². The molecule has 0 aliphatic carbocycles. The second-order valence-electron chi connectivity index (χ2n) is 3.71. The van der Waals surface area contributed by atoms with E-state index in [1.54, 1.807) is 25.1 Å². The maximum absolute atomic E-state index is 11.9. The Bertz CT molecular complexity index is 704. The third-order valence-electron chi connectivity index (χ3n) is 2.19. The Kier molecular flexibility index (Phi) is 3.20. The van der Waals surface area contributed by atoms with E-state index in [0.29, 0.717) is 5.69 Å². The average molecular weight is 265 g/mol. The zero-order chi connectivity index (χ0) is 13.2. The van der Waals surface area contributed by atoms with Crippen molar-refractivity contribution in [2.45, 2.75) is 11.8 Å². The van der Waals surface area contributed by atoms with Gasteiger partial charge >= 0.3 is 10.1 Å². The van der Waals surface area contributed by atoms with Gasteiger partial charge in [-0.3, -0.25) is 4.79 Å². The predicted molar refractivity (Wildman–Crippen MR) is 66.1 cm³/mol. The van der Waals surface area contributed by atoms with Crippen LogP contribution in [0.5, 0.6) is 5.75 Å². The second-order valence-corrected chi connectivity index (χ2v) is 5.26. The summed E-state index contributed by atoms with van der Waals surface area (Å²) in [6.45, 7) is 1.64. The summed E-state index contributed by atoms with van der Waals surface area (Å²) in [6.07, 6.45) is 0. The van der Waals surface area contributed by atoms with Crippen LogP contribution in [0.15, 0.2) is 52.2 Å². The summed E-state index contributed by atoms with van der Waals surface area (Å²) < 4.78 is 28.7. The van der Waals surface area contributed by atoms with Gasteiger partial charge in [0.05, 0.1) is 0 Å². The number of hydrogen-bond donors (Lipinski definition) is 1. The molecule has 0 amide bonds. The maximum Gasteiger partial charge on any atom is 0.339 e. The summed E-state index contributed by atoms with van der Waals surface area (Å²) in [5.41, 5.74) is 0.119. The molecular formula is C12H11NO4S. The highest BCUT2D eigenvalue weighted by molar-refractivity contribution is 7.87. The van der Waals surface area contributed by atoms with Gasteiger partial charge in [0, 0.05) is 17.8 Å². The lowest BCUT2D eigenvalue weighted by molar-refractivity contribution is 0.485. The Balaban J connectivity index is 2.37. The fourth-order valence-electron chi connectivity index (χ4n) is 1.46. The van der Waals surface area contributed by atoms with Crippen LogP contribution in [0, 0.1) is 6.92 Å². The van der Waals surface area contributed by atoms with Gasteiger partial charge in [0.15, 0.2) is 0 Å². The van der Waals surface area contributed by atoms with Gasteiger partial charge in [-0.25, -0.2) is 0 Å². The van der Waals surface area contributed by atoms with E-state index >= 15 is 0 Å². The number of aryl methyl sites for hydroxylation is 1. The molecule has 94 valence electrons. The van der Waals surface area contributed by atoms with Crippen LogP contribution >= 0.6 is 0 Å². The fraction of sp³-hybridized carbons (Fsp3) is 0.0833. The molecule has 0 radical (unpaired) electrons. The molecule has 0 atom stereocenters. The summed E-state index contributed by atoms with van der Waals surface area (Å²) in [5.74, 6) is 0.0000954. The number of pyridine rings is 1. The first kappa shape index (κ1) is 12.4. The molecule has 5 nitrogen and oxygen atoms in total. The summed E-state index contributed by atoms with van der Waals surface area (Å²) in [4.78, 5) is 13.8. The largest absolute Gasteiger partial charge is 0.379 e. The standard InChI is InChI=1S/C12H11NO4S/c1-9-7-10(8-12(14)13-9)17-18(15,16)11-5-3-2-4-6-11/h2-8H,1H3,(H,13,14). The van der Waals surface area contributed by atoms with E-state index in [1.165, 1.54) is 18.2 Å². The minimum Gasteiger partial charge on any atom is -0.379 e. The lowest BCUT2D eigenvalue weighted by Crippen LogP contribution is -2.13. The van der Waals surface area contributed by atoms with Gasteiger partial charge in [0.25, 0.3) is 5.56 Å². The van der Waals surface area contributed by atoms with Gasteiger partial charge in [-0.15, -0.1) is 0 Å². The SMILES string of the molecule is Cc1cc(OS(=O)(=O)c2ccccc2)cc(=O)[nH]1. The molecule has 0 saturated carbocycles. The smallest absolute Gasteiger partial charge is 0.339 e. The lowest BCUT2D eigenvalue weighted by atomic mass is 10.4. The van der Waals surface area contributed by atoms with Gasteiger partial charge in [0.2, 0.25) is 0 Å². The highest BCUT2D eigenvalue weighted by Gasteiger charge is 2.16. The number of nitrogens with one attached hydrogen (secondary N) is 1. The van der Waals surface area contributed by atoms with Crippen LogP contribution in [0.4, 0.5) is 0 Å². The van der Waals surface area contributed by atoms with Crippen molar-refractivity contribution >= 4 is 10.1 Å². The summed E-state index contributed by atoms with van der Waals surface area (Å²) >= 11 is 0. The highest BCUT2D eigenvalue weighted by atomic mass is 32.2. The van der Waals surface area contributed by atoms with Crippen molar-refractivity contribution in [2.24, 2.45) is 0 Å². The molecule has 0 aliphatic heterocycles. The third-order valence-corrected chi connectivity index (χ3v) is 3.45. The quantitative estimate of drug-likeness (QED) is 0.852. The molecule has 2 aromatic rings. The number of aromatic amines is 1. The molecule has 0 spiro atoms. The van der Waals surface area contributed by atoms with E-state index in [-0.39, 0.29) is 10.6 Å². The first-order valence-electron chi connectivity index (χ1n) is 5.18. The first-order valence-corrected chi connectivity index (χ1v) is 6.59. The van der Waals surface area contributed by atoms with E-state index in [4.69, 9.17) is 4.18 Å². The predicted octanol–water partition coefficient (Wildman–Crippen LogP) is 1.45. The molecule has 1 N–H and O–H groups in total. The molecule has 6 heteroatoms. The van der Waals surface area contributed by atoms with Crippen LogP contribution in [0.2, 0.25) is 0 Å². The molecule has 0 bridgehead atoms. The van der Waals surface area contributed by atoms with Crippen molar-refractivity contribution in [1.82, 2.24) is 4.98 Å². The van der Waals surface area contributed by atoms with Gasteiger partial charge in [-0.2, -0.15) is 8.42 Å². The number of aromatic nitrogens is 1. The first-order chi connectivity index (χ1) is 8.47. The molecular weight excluding hydrogens is 254 g/mol. The Morgan fingerprint density at radius 3 is 2.39 bits per heavy atom. The minimum atomic E-state index is -3.90. The van der Waals surface area contributed by atoms with Gasteiger partial charge in [0.1, 0.15) is 10.6 Å². The zero-order valence-electron chi connectivity index (χ0n) is 9.58. The van der Waals surface area contributed by atoms with E-state index < -0.39 is 15.7 Å². The Morgan fingerprint density at radius 1 is 1.11 bits per heavy atom. The van der Waals surface area contributed by atoms with E-state index in [2.05, 4.69) is 4.98 Å². The van der Waals surface area contributed by atoms with E-state index in [1.807, 2.05) is 0 Å². The van der Waals surface area contributed by atoms with Crippen molar-refractivity contribution < 1.29 is 12.6 Å². The average Bonchev–Trinajstić information content (AvgIpc) is 2.28. The van der Waals surface area contributed by atoms with E-state index in [9.17, 15) is 13.2 Å². The minimum absolute atomic E-state index is 0.0000954. The Hall–Kier alpha value is -2.08. The van der Waals surface area contributed by atoms with Gasteiger partial charge in [-0.05, 0) is 19.1 Å². The van der Waals surface area contributed by atoms with Crippen molar-refractivity contribution in [3.8, 4) is 5.75 Å². The fourth-order valence-corrected chi connectivity index (χ4v) is 2.40. The van der Waals surface area contributed by atoms with Crippen LogP contribution in [0.3, 0.4) is 0 Å². The molecule has 18 heavy (non-hydrogen) atoms. The van der Waals surface area contributed by atoms with Crippen LogP contribution in [-0.4, -0.2) is 13.4 Å². The molecule has 1 aromatic heterocycles. The van der Waals surface area contributed by atoms with Crippen molar-refractivity contribution in [3.05, 3.63) is 58.5 Å². The third kappa shape index (κ3) is 2.78. The van der Waals surface area contributed by atoms with Crippen molar-refractivity contribution in [1.29, 1.82) is 0 Å². The number of hydrogen-bond acceptors (Lipinski definition) is 4. The summed E-state index contributed by atoms with van der Waals surface area (Å²) in [5, 5.41) is 0. The normalized spacial score (nSPS) is 11.2. The molecule has 0 unspecified atom stereocenters. The number of H-pyrrole nitrogens is 1. The number of rotatable bonds is 3. The molecule has 1 aromatic carbocycles. The van der Waals surface area contributed by atoms with Crippen LogP contribution in [0.1, 0.15) is 5.69 Å². The zero-order valence-corrected chi connectivity index (χ0v) is 10.4. The summed E-state index contributed by atoms with van der Waals surface area (Å²) in [7, 11) is -3.90. The lowest BCUT2D eigenvalue weighted by Gasteiger charge is -2.06. The molecule has 1 heterocycles. The topological polar surface area (TPSA) is 76.2 Å². The summed E-state index contributed by atoms with van der Waals surface area (Å²) in [6, 6.07) is 10.3. The van der Waals surface area contributed by atoms with Crippen molar-refractivity contribution in [3.63, 3.8) is 0 Å². The van der Waals surface area contributed by atoms with Crippen LogP contribution in [0.25, 0.3) is 0 Å².